The van der Waals surface area contributed by atoms with Crippen molar-refractivity contribution in [2.75, 3.05) is 12.9 Å². The summed E-state index contributed by atoms with van der Waals surface area (Å²) >= 11 is 0. The van der Waals surface area contributed by atoms with Crippen LogP contribution in [0.25, 0.3) is 0 Å². The van der Waals surface area contributed by atoms with E-state index in [0.717, 1.165) is 31.3 Å². The largest absolute Gasteiger partial charge is 0.497 e. The highest BCUT2D eigenvalue weighted by molar-refractivity contribution is 7.89. The highest BCUT2D eigenvalue weighted by Gasteiger charge is 2.35. The van der Waals surface area contributed by atoms with Gasteiger partial charge in [0.1, 0.15) is 5.76 Å². The second-order valence-corrected chi connectivity index (χ2v) is 7.21. The van der Waals surface area contributed by atoms with Crippen molar-refractivity contribution >= 4 is 10.0 Å². The third-order valence-electron chi connectivity index (χ3n) is 3.31. The molecule has 0 aliphatic heterocycles. The lowest BCUT2D eigenvalue weighted by Gasteiger charge is -2.38. The van der Waals surface area contributed by atoms with Crippen LogP contribution in [0.3, 0.4) is 0 Å². The quantitative estimate of drug-likeness (QED) is 0.578. The first kappa shape index (κ1) is 16.2. The van der Waals surface area contributed by atoms with Crippen LogP contribution >= 0.6 is 0 Å². The first-order chi connectivity index (χ1) is 8.80. The van der Waals surface area contributed by atoms with Gasteiger partial charge >= 0.3 is 0 Å². The van der Waals surface area contributed by atoms with Crippen molar-refractivity contribution in [3.8, 4) is 0 Å². The van der Waals surface area contributed by atoms with E-state index in [1.165, 1.54) is 0 Å². The fraction of sp³-hybridized carbons (Fsp3) is 0.714. The van der Waals surface area contributed by atoms with Crippen LogP contribution in [0.2, 0.25) is 0 Å². The van der Waals surface area contributed by atoms with Gasteiger partial charge in [-0.3, -0.25) is 0 Å². The number of ether oxygens (including phenoxy) is 1. The number of methoxy groups -OCH3 is 1. The molecule has 0 unspecified atom stereocenters. The Morgan fingerprint density at radius 2 is 2.05 bits per heavy atom. The van der Waals surface area contributed by atoms with Crippen molar-refractivity contribution < 1.29 is 13.2 Å². The Kier molecular flexibility index (Phi) is 5.62. The molecule has 1 fully saturated rings. The molecule has 1 rings (SSSR count). The van der Waals surface area contributed by atoms with E-state index in [1.807, 2.05) is 26.8 Å². The number of hydrogen-bond donors (Lipinski definition) is 1. The van der Waals surface area contributed by atoms with E-state index < -0.39 is 10.0 Å². The van der Waals surface area contributed by atoms with E-state index in [2.05, 4.69) is 4.72 Å². The summed E-state index contributed by atoms with van der Waals surface area (Å²) in [5.41, 5.74) is 0.541. The van der Waals surface area contributed by atoms with E-state index in [0.29, 0.717) is 5.76 Å². The minimum absolute atomic E-state index is 0.0208. The molecule has 0 radical (unpaired) electrons. The average Bonchev–Trinajstić information content (AvgIpc) is 2.24. The third kappa shape index (κ3) is 5.37. The summed E-state index contributed by atoms with van der Waals surface area (Å²) < 4.78 is 32.1. The molecule has 0 atom stereocenters. The molecule has 0 aromatic carbocycles. The highest BCUT2D eigenvalue weighted by Crippen LogP contribution is 2.31. The normalized spacial score (nSPS) is 20.0. The molecule has 0 saturated heterocycles. The predicted molar refractivity (Wildman–Crippen MR) is 78.3 cm³/mol. The molecule has 0 spiro atoms. The van der Waals surface area contributed by atoms with E-state index in [1.54, 1.807) is 13.2 Å². The smallest absolute Gasteiger partial charge is 0.215 e. The fourth-order valence-electron chi connectivity index (χ4n) is 2.21. The van der Waals surface area contributed by atoms with Crippen molar-refractivity contribution in [3.05, 3.63) is 23.5 Å². The van der Waals surface area contributed by atoms with Crippen molar-refractivity contribution in [2.45, 2.75) is 52.0 Å². The SMILES string of the molecule is CC/C=C(\C=C(\C)CS(=O)(=O)NC1(C)CCC1)OC. The number of hydrogen-bond acceptors (Lipinski definition) is 3. The standard InChI is InChI=1S/C14H25NO3S/c1-5-7-13(18-4)10-12(2)11-19(16,17)15-14(3)8-6-9-14/h7,10,15H,5-6,8-9,11H2,1-4H3/b12-10-,13-7+. The molecule has 4 nitrogen and oxygen atoms in total. The number of rotatable bonds is 7. The van der Waals surface area contributed by atoms with Crippen LogP contribution < -0.4 is 4.72 Å². The first-order valence-corrected chi connectivity index (χ1v) is 8.38. The van der Waals surface area contributed by atoms with Gasteiger partial charge in [0.15, 0.2) is 0 Å². The Hall–Kier alpha value is -0.810. The van der Waals surface area contributed by atoms with Gasteiger partial charge in [-0.2, -0.15) is 0 Å². The molecule has 0 aromatic rings. The molecule has 1 saturated carbocycles. The van der Waals surface area contributed by atoms with Crippen LogP contribution in [-0.4, -0.2) is 26.8 Å². The predicted octanol–water partition coefficient (Wildman–Crippen LogP) is 2.74. The molecule has 19 heavy (non-hydrogen) atoms. The molecule has 5 heteroatoms. The fourth-order valence-corrected chi connectivity index (χ4v) is 3.92. The van der Waals surface area contributed by atoms with Gasteiger partial charge in [0.25, 0.3) is 0 Å². The van der Waals surface area contributed by atoms with Crippen LogP contribution in [-0.2, 0) is 14.8 Å². The van der Waals surface area contributed by atoms with Gasteiger partial charge in [-0.05, 0) is 51.7 Å². The Morgan fingerprint density at radius 3 is 2.47 bits per heavy atom. The molecule has 1 N–H and O–H groups in total. The van der Waals surface area contributed by atoms with Gasteiger partial charge in [0.05, 0.1) is 12.9 Å². The maximum Gasteiger partial charge on any atom is 0.215 e. The molecule has 0 bridgehead atoms. The minimum atomic E-state index is -3.27. The van der Waals surface area contributed by atoms with E-state index in [9.17, 15) is 8.42 Å². The molecule has 1 aliphatic carbocycles. The summed E-state index contributed by atoms with van der Waals surface area (Å²) in [5.74, 6) is 0.734. The highest BCUT2D eigenvalue weighted by atomic mass is 32.2. The zero-order valence-electron chi connectivity index (χ0n) is 12.3. The van der Waals surface area contributed by atoms with Gasteiger partial charge in [-0.1, -0.05) is 12.5 Å². The zero-order chi connectivity index (χ0) is 14.5. The van der Waals surface area contributed by atoms with Gasteiger partial charge in [-0.25, -0.2) is 13.1 Å². The summed E-state index contributed by atoms with van der Waals surface area (Å²) in [5, 5.41) is 0. The van der Waals surface area contributed by atoms with Crippen LogP contribution in [0.15, 0.2) is 23.5 Å². The second-order valence-electron chi connectivity index (χ2n) is 5.48. The van der Waals surface area contributed by atoms with Crippen molar-refractivity contribution in [2.24, 2.45) is 0 Å². The molecule has 0 amide bonds. The first-order valence-electron chi connectivity index (χ1n) is 6.73. The maximum atomic E-state index is 12.1. The molecule has 110 valence electrons. The van der Waals surface area contributed by atoms with E-state index in [-0.39, 0.29) is 11.3 Å². The lowest BCUT2D eigenvalue weighted by molar-refractivity contribution is 0.248. The number of allylic oxidation sites excluding steroid dienone is 2. The Balaban J connectivity index is 2.66. The zero-order valence-corrected chi connectivity index (χ0v) is 13.1. The Labute approximate surface area is 117 Å². The minimum Gasteiger partial charge on any atom is -0.497 e. The summed E-state index contributed by atoms with van der Waals surface area (Å²) in [6, 6.07) is 0. The number of sulfonamides is 1. The van der Waals surface area contributed by atoms with E-state index >= 15 is 0 Å². The topological polar surface area (TPSA) is 55.4 Å². The molecule has 0 aromatic heterocycles. The lowest BCUT2D eigenvalue weighted by Crippen LogP contribution is -2.51. The monoisotopic (exact) mass is 287 g/mol. The van der Waals surface area contributed by atoms with Crippen LogP contribution in [0.1, 0.15) is 46.5 Å². The van der Waals surface area contributed by atoms with Crippen molar-refractivity contribution in [1.29, 1.82) is 0 Å². The molecule has 1 aliphatic rings. The Bertz CT molecular complexity index is 459. The summed E-state index contributed by atoms with van der Waals surface area (Å²) in [4.78, 5) is 0. The van der Waals surface area contributed by atoms with Gasteiger partial charge in [0.2, 0.25) is 10.0 Å². The maximum absolute atomic E-state index is 12.1. The lowest BCUT2D eigenvalue weighted by atomic mass is 9.80. The van der Waals surface area contributed by atoms with Gasteiger partial charge < -0.3 is 4.74 Å². The van der Waals surface area contributed by atoms with Gasteiger partial charge in [0, 0.05) is 5.54 Å². The number of nitrogens with one attached hydrogen (secondary N) is 1. The molecule has 0 heterocycles. The second kappa shape index (κ2) is 6.57. The van der Waals surface area contributed by atoms with Crippen molar-refractivity contribution in [1.82, 2.24) is 4.72 Å². The van der Waals surface area contributed by atoms with E-state index in [4.69, 9.17) is 4.74 Å². The third-order valence-corrected chi connectivity index (χ3v) is 4.95. The summed E-state index contributed by atoms with van der Waals surface area (Å²) in [6.45, 7) is 5.79. The van der Waals surface area contributed by atoms with Crippen LogP contribution in [0, 0.1) is 0 Å². The summed E-state index contributed by atoms with van der Waals surface area (Å²) in [7, 11) is -1.68. The summed E-state index contributed by atoms with van der Waals surface area (Å²) in [6.07, 6.45) is 7.52. The van der Waals surface area contributed by atoms with Gasteiger partial charge in [-0.15, -0.1) is 0 Å². The van der Waals surface area contributed by atoms with Crippen LogP contribution in [0.5, 0.6) is 0 Å². The molecular formula is C14H25NO3S. The van der Waals surface area contributed by atoms with Crippen molar-refractivity contribution in [3.63, 3.8) is 0 Å². The Morgan fingerprint density at radius 1 is 1.42 bits per heavy atom. The van der Waals surface area contributed by atoms with Crippen LogP contribution in [0.4, 0.5) is 0 Å². The molecular weight excluding hydrogens is 262 g/mol. The average molecular weight is 287 g/mol.